The Morgan fingerprint density at radius 3 is 1.77 bits per heavy atom. The molecule has 0 N–H and O–H groups in total. The van der Waals surface area contributed by atoms with E-state index < -0.39 is 7.32 Å². The van der Waals surface area contributed by atoms with Crippen LogP contribution in [-0.2, 0) is 4.65 Å². The van der Waals surface area contributed by atoms with Gasteiger partial charge in [-0.3, -0.25) is 0 Å². The Morgan fingerprint density at radius 1 is 0.806 bits per heavy atom. The number of benzene rings is 2. The summed E-state index contributed by atoms with van der Waals surface area (Å²) in [5.74, 6) is 2.65. The van der Waals surface area contributed by atoms with Crippen LogP contribution in [0.5, 0.6) is 23.0 Å². The number of unbranched alkanes of at least 4 members (excludes halogenated alkanes) is 2. The monoisotopic (exact) mass is 430 g/mol. The highest BCUT2D eigenvalue weighted by atomic mass is 16.7. The van der Waals surface area contributed by atoms with Crippen LogP contribution in [-0.4, -0.2) is 59.8 Å². The van der Waals surface area contributed by atoms with E-state index in [2.05, 4.69) is 28.1 Å². The van der Waals surface area contributed by atoms with Crippen molar-refractivity contribution in [2.24, 2.45) is 0 Å². The van der Waals surface area contributed by atoms with Gasteiger partial charge in [-0.1, -0.05) is 38.3 Å². The molecule has 2 rings (SSSR count). The Balaban J connectivity index is 2.21. The quantitative estimate of drug-likeness (QED) is 0.244. The Kier molecular flexibility index (Phi) is 10.0. The number of likely N-dealkylation sites (N-methyl/N-ethyl adjacent to an activating group) is 1. The molecule has 0 aliphatic carbocycles. The van der Waals surface area contributed by atoms with E-state index in [1.807, 2.05) is 48.5 Å². The van der Waals surface area contributed by atoms with Crippen molar-refractivity contribution < 1.29 is 27.9 Å². The van der Waals surface area contributed by atoms with Crippen LogP contribution in [0.1, 0.15) is 32.6 Å². The van der Waals surface area contributed by atoms with Gasteiger partial charge in [0.15, 0.2) is 0 Å². The maximum absolute atomic E-state index is 6.39. The molecule has 170 valence electrons. The van der Waals surface area contributed by atoms with Crippen molar-refractivity contribution in [3.8, 4) is 23.0 Å². The molecule has 31 heavy (non-hydrogen) atoms. The molecule has 0 saturated heterocycles. The van der Waals surface area contributed by atoms with Gasteiger partial charge in [0.1, 0.15) is 29.5 Å². The SMILES string of the molecule is CCCCCC(C[N+](C)(C)C)OB(Oc1cccc(OC)c1)Oc1cccc(OC)c1. The van der Waals surface area contributed by atoms with Crippen molar-refractivity contribution in [2.75, 3.05) is 41.9 Å². The zero-order valence-corrected chi connectivity index (χ0v) is 19.8. The van der Waals surface area contributed by atoms with Crippen molar-refractivity contribution in [2.45, 2.75) is 38.7 Å². The van der Waals surface area contributed by atoms with Crippen LogP contribution in [0.25, 0.3) is 0 Å². The van der Waals surface area contributed by atoms with E-state index in [9.17, 15) is 0 Å². The Morgan fingerprint density at radius 2 is 1.32 bits per heavy atom. The predicted molar refractivity (Wildman–Crippen MR) is 125 cm³/mol. The molecule has 1 unspecified atom stereocenters. The second-order valence-electron chi connectivity index (χ2n) is 8.61. The van der Waals surface area contributed by atoms with E-state index in [4.69, 9.17) is 23.4 Å². The molecule has 0 bridgehead atoms. The van der Waals surface area contributed by atoms with Crippen LogP contribution in [0, 0.1) is 0 Å². The third-order valence-electron chi connectivity index (χ3n) is 4.73. The summed E-state index contributed by atoms with van der Waals surface area (Å²) < 4.78 is 30.0. The van der Waals surface area contributed by atoms with Gasteiger partial charge in [-0.05, 0) is 30.7 Å². The first-order chi connectivity index (χ1) is 14.8. The van der Waals surface area contributed by atoms with Gasteiger partial charge in [-0.15, -0.1) is 0 Å². The summed E-state index contributed by atoms with van der Waals surface area (Å²) in [6, 6.07) is 14.9. The van der Waals surface area contributed by atoms with Gasteiger partial charge in [0.05, 0.1) is 41.5 Å². The fraction of sp³-hybridized carbons (Fsp3) is 0.500. The number of quaternary nitrogens is 1. The predicted octanol–water partition coefficient (Wildman–Crippen LogP) is 4.82. The van der Waals surface area contributed by atoms with Gasteiger partial charge in [-0.2, -0.15) is 0 Å². The third-order valence-corrected chi connectivity index (χ3v) is 4.73. The molecule has 0 radical (unpaired) electrons. The zero-order valence-electron chi connectivity index (χ0n) is 19.8. The van der Waals surface area contributed by atoms with E-state index in [1.54, 1.807) is 14.2 Å². The minimum Gasteiger partial charge on any atom is -0.501 e. The third kappa shape index (κ3) is 9.53. The van der Waals surface area contributed by atoms with E-state index >= 15 is 0 Å². The molecule has 7 heteroatoms. The van der Waals surface area contributed by atoms with Gasteiger partial charge in [-0.25, -0.2) is 0 Å². The summed E-state index contributed by atoms with van der Waals surface area (Å²) in [5.41, 5.74) is 0. The molecular formula is C24H37BNO5+. The first-order valence-electron chi connectivity index (χ1n) is 10.9. The molecule has 0 amide bonds. The molecule has 0 aromatic heterocycles. The normalized spacial score (nSPS) is 12.2. The molecular weight excluding hydrogens is 393 g/mol. The van der Waals surface area contributed by atoms with Crippen LogP contribution < -0.4 is 18.8 Å². The van der Waals surface area contributed by atoms with Crippen LogP contribution in [0.2, 0.25) is 0 Å². The maximum atomic E-state index is 6.39. The number of hydrogen-bond donors (Lipinski definition) is 0. The van der Waals surface area contributed by atoms with E-state index in [-0.39, 0.29) is 6.10 Å². The van der Waals surface area contributed by atoms with Crippen LogP contribution in [0.3, 0.4) is 0 Å². The molecule has 2 aromatic carbocycles. The summed E-state index contributed by atoms with van der Waals surface area (Å²) >= 11 is 0. The fourth-order valence-electron chi connectivity index (χ4n) is 3.24. The summed E-state index contributed by atoms with van der Waals surface area (Å²) in [4.78, 5) is 0. The summed E-state index contributed by atoms with van der Waals surface area (Å²) in [7, 11) is 8.85. The van der Waals surface area contributed by atoms with Gasteiger partial charge in [0, 0.05) is 12.1 Å². The lowest BCUT2D eigenvalue weighted by molar-refractivity contribution is -0.873. The highest BCUT2D eigenvalue weighted by molar-refractivity contribution is 6.38. The molecule has 2 aromatic rings. The minimum absolute atomic E-state index is 0.00670. The molecule has 1 atom stereocenters. The Hall–Kier alpha value is -2.38. The fourth-order valence-corrected chi connectivity index (χ4v) is 3.24. The lowest BCUT2D eigenvalue weighted by Gasteiger charge is -2.30. The van der Waals surface area contributed by atoms with Gasteiger partial charge >= 0.3 is 7.32 Å². The van der Waals surface area contributed by atoms with E-state index in [0.29, 0.717) is 23.0 Å². The Labute approximate surface area is 187 Å². The summed E-state index contributed by atoms with van der Waals surface area (Å²) in [6.45, 7) is 3.06. The highest BCUT2D eigenvalue weighted by Crippen LogP contribution is 2.24. The van der Waals surface area contributed by atoms with Crippen LogP contribution >= 0.6 is 0 Å². The molecule has 0 saturated carbocycles. The van der Waals surface area contributed by atoms with Gasteiger partial charge < -0.3 is 27.9 Å². The topological polar surface area (TPSA) is 46.2 Å². The second-order valence-corrected chi connectivity index (χ2v) is 8.61. The lowest BCUT2D eigenvalue weighted by Crippen LogP contribution is -2.46. The maximum Gasteiger partial charge on any atom is 0.788 e. The second kappa shape index (κ2) is 12.5. The lowest BCUT2D eigenvalue weighted by atomic mass is 10.1. The van der Waals surface area contributed by atoms with E-state index in [0.717, 1.165) is 23.9 Å². The number of methoxy groups -OCH3 is 2. The number of nitrogens with zero attached hydrogens (tertiary/aromatic N) is 1. The van der Waals surface area contributed by atoms with Crippen molar-refractivity contribution in [3.05, 3.63) is 48.5 Å². The largest absolute Gasteiger partial charge is 0.788 e. The molecule has 0 fully saturated rings. The van der Waals surface area contributed by atoms with Crippen molar-refractivity contribution in [3.63, 3.8) is 0 Å². The number of hydrogen-bond acceptors (Lipinski definition) is 5. The molecule has 0 aliphatic heterocycles. The first-order valence-corrected chi connectivity index (χ1v) is 10.9. The van der Waals surface area contributed by atoms with Crippen molar-refractivity contribution >= 4 is 7.32 Å². The van der Waals surface area contributed by atoms with Crippen molar-refractivity contribution in [1.82, 2.24) is 0 Å². The summed E-state index contributed by atoms with van der Waals surface area (Å²) in [5, 5.41) is 0. The smallest absolute Gasteiger partial charge is 0.501 e. The standard InChI is InChI=1S/C24H37BNO5/c1-7-8-9-12-24(19-26(2,3)4)31-25(29-22-15-10-13-20(17-22)27-5)30-23-16-11-14-21(18-23)28-6/h10-11,13-18,24H,7-9,12,19H2,1-6H3/q+1. The highest BCUT2D eigenvalue weighted by Gasteiger charge is 2.33. The van der Waals surface area contributed by atoms with Gasteiger partial charge in [0.2, 0.25) is 0 Å². The Bertz CT molecular complexity index is 731. The number of ether oxygens (including phenoxy) is 2. The minimum atomic E-state index is -0.905. The average Bonchev–Trinajstić information content (AvgIpc) is 2.73. The molecule has 0 heterocycles. The zero-order chi connectivity index (χ0) is 22.7. The average molecular weight is 430 g/mol. The van der Waals surface area contributed by atoms with Gasteiger partial charge in [0.25, 0.3) is 0 Å². The van der Waals surface area contributed by atoms with E-state index in [1.165, 1.54) is 12.8 Å². The molecule has 6 nitrogen and oxygen atoms in total. The van der Waals surface area contributed by atoms with Crippen LogP contribution in [0.4, 0.5) is 0 Å². The molecule has 0 spiro atoms. The number of rotatable bonds is 14. The first kappa shape index (κ1) is 24.9. The molecule has 0 aliphatic rings. The van der Waals surface area contributed by atoms with Crippen LogP contribution in [0.15, 0.2) is 48.5 Å². The van der Waals surface area contributed by atoms with Crippen molar-refractivity contribution in [1.29, 1.82) is 0 Å². The summed E-state index contributed by atoms with van der Waals surface area (Å²) in [6.07, 6.45) is 4.39.